The zero-order valence-electron chi connectivity index (χ0n) is 26.8. The zero-order chi connectivity index (χ0) is 29.2. The SMILES string of the molecule is Cc1cc([Si](C)(C)C)c([Si](Cl)(c2cc(C)c(C)cc2[Si](C)(C)C)c2cc(C)c(C)cc2[Si](C)(C)C)cc1C. The molecule has 5 heteroatoms. The molecule has 0 spiro atoms. The molecule has 0 bridgehead atoms. The number of aryl methyl sites for hydroxylation is 6. The Kier molecular flexibility index (Phi) is 8.53. The molecule has 0 aliphatic heterocycles. The third-order valence-corrected chi connectivity index (χ3v) is 20.6. The number of rotatable bonds is 6. The van der Waals surface area contributed by atoms with Crippen molar-refractivity contribution in [1.82, 2.24) is 0 Å². The Labute approximate surface area is 243 Å². The van der Waals surface area contributed by atoms with Gasteiger partial charge in [-0.05, 0) is 90.5 Å². The Morgan fingerprint density at radius 2 is 0.500 bits per heavy atom. The maximum absolute atomic E-state index is 8.63. The fourth-order valence-electron chi connectivity index (χ4n) is 5.60. The van der Waals surface area contributed by atoms with Crippen LogP contribution in [-0.4, -0.2) is 31.6 Å². The zero-order valence-corrected chi connectivity index (χ0v) is 31.6. The largest absolute Gasteiger partial charge is 0.247 e. The van der Waals surface area contributed by atoms with Gasteiger partial charge in [-0.25, -0.2) is 0 Å². The van der Waals surface area contributed by atoms with E-state index < -0.39 is 31.6 Å². The smallest absolute Gasteiger partial charge is 0.149 e. The molecule has 0 saturated heterocycles. The van der Waals surface area contributed by atoms with Crippen molar-refractivity contribution < 1.29 is 0 Å². The predicted octanol–water partition coefficient (Wildman–Crippen LogP) is 6.38. The Morgan fingerprint density at radius 3 is 0.658 bits per heavy atom. The van der Waals surface area contributed by atoms with E-state index in [-0.39, 0.29) is 0 Å². The summed E-state index contributed by atoms with van der Waals surface area (Å²) in [6.07, 6.45) is 0. The van der Waals surface area contributed by atoms with Gasteiger partial charge in [0.15, 0.2) is 0 Å². The van der Waals surface area contributed by atoms with Gasteiger partial charge < -0.3 is 0 Å². The number of benzene rings is 3. The van der Waals surface area contributed by atoms with E-state index >= 15 is 0 Å². The maximum Gasteiger partial charge on any atom is 0.247 e. The normalized spacial score (nSPS) is 13.3. The average molecular weight is 596 g/mol. The summed E-state index contributed by atoms with van der Waals surface area (Å²) in [5.74, 6) is 0. The molecular weight excluding hydrogens is 544 g/mol. The van der Waals surface area contributed by atoms with Crippen LogP contribution in [0.2, 0.25) is 58.9 Å². The lowest BCUT2D eigenvalue weighted by Gasteiger charge is -2.39. The van der Waals surface area contributed by atoms with Gasteiger partial charge in [-0.1, -0.05) is 111 Å². The summed E-state index contributed by atoms with van der Waals surface area (Å²) in [7, 11) is -8.06. The summed E-state index contributed by atoms with van der Waals surface area (Å²) in [6.45, 7) is 36.1. The quantitative estimate of drug-likeness (QED) is 0.176. The van der Waals surface area contributed by atoms with Crippen LogP contribution in [0, 0.1) is 41.5 Å². The van der Waals surface area contributed by atoms with Crippen molar-refractivity contribution in [1.29, 1.82) is 0 Å². The van der Waals surface area contributed by atoms with E-state index in [9.17, 15) is 0 Å². The lowest BCUT2D eigenvalue weighted by Crippen LogP contribution is -2.77. The van der Waals surface area contributed by atoms with Crippen molar-refractivity contribution in [2.24, 2.45) is 0 Å². The Bertz CT molecular complexity index is 1210. The highest BCUT2D eigenvalue weighted by atomic mass is 35.6. The van der Waals surface area contributed by atoms with Crippen molar-refractivity contribution in [2.45, 2.75) is 100 Å². The van der Waals surface area contributed by atoms with Crippen LogP contribution in [0.3, 0.4) is 0 Å². The van der Waals surface area contributed by atoms with Gasteiger partial charge in [0.25, 0.3) is 0 Å². The molecule has 206 valence electrons. The van der Waals surface area contributed by atoms with Crippen molar-refractivity contribution in [2.75, 3.05) is 0 Å². The topological polar surface area (TPSA) is 0 Å². The Balaban J connectivity index is 2.73. The second-order valence-electron chi connectivity index (χ2n) is 14.9. The minimum atomic E-state index is -2.93. The van der Waals surface area contributed by atoms with Crippen LogP contribution < -0.4 is 31.1 Å². The highest BCUT2D eigenvalue weighted by Crippen LogP contribution is 2.21. The number of hydrogen-bond donors (Lipinski definition) is 0. The molecule has 38 heavy (non-hydrogen) atoms. The molecule has 0 saturated carbocycles. The fraction of sp³-hybridized carbons (Fsp3) is 0.455. The summed E-state index contributed by atoms with van der Waals surface area (Å²) in [5, 5.41) is 8.98. The van der Waals surface area contributed by atoms with Crippen LogP contribution >= 0.6 is 11.1 Å². The van der Waals surface area contributed by atoms with E-state index in [1.54, 1.807) is 15.6 Å². The van der Waals surface area contributed by atoms with E-state index in [0.29, 0.717) is 0 Å². The second-order valence-corrected chi connectivity index (χ2v) is 34.6. The molecule has 0 amide bonds. The first-order chi connectivity index (χ1) is 17.1. The Morgan fingerprint density at radius 1 is 0.342 bits per heavy atom. The summed E-state index contributed by atoms with van der Waals surface area (Å²) >= 11 is 8.63. The average Bonchev–Trinajstić information content (AvgIpc) is 2.75. The van der Waals surface area contributed by atoms with E-state index in [2.05, 4.69) is 137 Å². The molecular formula is C33H51ClSi4. The number of halogens is 1. The molecule has 0 nitrogen and oxygen atoms in total. The molecule has 0 atom stereocenters. The lowest BCUT2D eigenvalue weighted by atomic mass is 10.1. The molecule has 0 unspecified atom stereocenters. The molecule has 3 aromatic rings. The number of hydrogen-bond acceptors (Lipinski definition) is 0. The van der Waals surface area contributed by atoms with Gasteiger partial charge in [-0.15, -0.1) is 11.1 Å². The molecule has 0 N–H and O–H groups in total. The van der Waals surface area contributed by atoms with Crippen LogP contribution in [0.4, 0.5) is 0 Å². The van der Waals surface area contributed by atoms with Crippen LogP contribution in [-0.2, 0) is 0 Å². The molecule has 0 heterocycles. The van der Waals surface area contributed by atoms with Gasteiger partial charge in [0.05, 0.1) is 24.2 Å². The van der Waals surface area contributed by atoms with Crippen LogP contribution in [0.25, 0.3) is 0 Å². The van der Waals surface area contributed by atoms with Crippen molar-refractivity contribution in [3.05, 3.63) is 69.8 Å². The second kappa shape index (κ2) is 10.3. The minimum absolute atomic E-state index is 1.36. The predicted molar refractivity (Wildman–Crippen MR) is 187 cm³/mol. The summed E-state index contributed by atoms with van der Waals surface area (Å²) < 4.78 is 0. The van der Waals surface area contributed by atoms with Crippen molar-refractivity contribution >= 4 is 73.8 Å². The van der Waals surface area contributed by atoms with E-state index in [1.165, 1.54) is 48.9 Å². The third kappa shape index (κ3) is 5.81. The van der Waals surface area contributed by atoms with Gasteiger partial charge in [0.1, 0.15) is 0 Å². The summed E-state index contributed by atoms with van der Waals surface area (Å²) in [6, 6.07) is 15.0. The molecule has 0 aromatic heterocycles. The van der Waals surface area contributed by atoms with Gasteiger partial charge in [-0.2, -0.15) is 0 Å². The standard InChI is InChI=1S/C33H51ClSi4/c1-22-16-28(35(7,8)9)31(19-25(22)4)38(34,32-20-26(5)23(2)17-29(32)36(10,11)12)33-21-27(6)24(3)18-30(33)37(13,14)15/h16-21H,1-15H3. The first-order valence-electron chi connectivity index (χ1n) is 14.2. The van der Waals surface area contributed by atoms with Crippen LogP contribution in [0.15, 0.2) is 36.4 Å². The molecule has 0 fully saturated rings. The summed E-state index contributed by atoms with van der Waals surface area (Å²) in [5.41, 5.74) is 8.23. The Hall–Kier alpha value is -1.18. The summed E-state index contributed by atoms with van der Waals surface area (Å²) in [4.78, 5) is 0. The van der Waals surface area contributed by atoms with Gasteiger partial charge in [-0.3, -0.25) is 0 Å². The van der Waals surface area contributed by atoms with Crippen LogP contribution in [0.5, 0.6) is 0 Å². The van der Waals surface area contributed by atoms with E-state index in [1.807, 2.05) is 0 Å². The molecule has 3 rings (SSSR count). The minimum Gasteiger partial charge on any atom is -0.149 e. The van der Waals surface area contributed by atoms with Crippen molar-refractivity contribution in [3.63, 3.8) is 0 Å². The highest BCUT2D eigenvalue weighted by Gasteiger charge is 2.47. The first kappa shape index (κ1) is 31.3. The van der Waals surface area contributed by atoms with E-state index in [4.69, 9.17) is 11.1 Å². The molecule has 0 radical (unpaired) electrons. The third-order valence-electron chi connectivity index (χ3n) is 8.44. The highest BCUT2D eigenvalue weighted by molar-refractivity contribution is 7.43. The van der Waals surface area contributed by atoms with Crippen molar-refractivity contribution in [3.8, 4) is 0 Å². The molecule has 0 aliphatic carbocycles. The maximum atomic E-state index is 8.63. The van der Waals surface area contributed by atoms with Gasteiger partial charge >= 0.3 is 0 Å². The van der Waals surface area contributed by atoms with Gasteiger partial charge in [0, 0.05) is 0 Å². The molecule has 0 aliphatic rings. The van der Waals surface area contributed by atoms with Gasteiger partial charge in [0.2, 0.25) is 7.38 Å². The van der Waals surface area contributed by atoms with E-state index in [0.717, 1.165) is 0 Å². The molecule has 3 aromatic carbocycles. The van der Waals surface area contributed by atoms with Crippen LogP contribution in [0.1, 0.15) is 33.4 Å². The fourth-order valence-corrected chi connectivity index (χ4v) is 20.8. The monoisotopic (exact) mass is 594 g/mol. The first-order valence-corrected chi connectivity index (χ1v) is 27.7. The lowest BCUT2D eigenvalue weighted by molar-refractivity contribution is 1.35.